The van der Waals surface area contributed by atoms with Gasteiger partial charge >= 0.3 is 0 Å². The molecular weight excluding hydrogens is 148 g/mol. The van der Waals surface area contributed by atoms with Crippen molar-refractivity contribution in [1.82, 2.24) is 0 Å². The van der Waals surface area contributed by atoms with Crippen LogP contribution in [0.25, 0.3) is 0 Å². The summed E-state index contributed by atoms with van der Waals surface area (Å²) in [7, 11) is 1.48. The molecule has 66 valence electrons. The molecule has 4 heteroatoms. The van der Waals surface area contributed by atoms with E-state index in [1.807, 2.05) is 0 Å². The quantitative estimate of drug-likeness (QED) is 0.456. The fourth-order valence-corrected chi connectivity index (χ4v) is 1.38. The number of aliphatic hydroxyl groups is 3. The molecule has 0 radical (unpaired) electrons. The predicted octanol–water partition coefficient (Wildman–Crippen LogP) is -1.12. The van der Waals surface area contributed by atoms with E-state index in [1.54, 1.807) is 0 Å². The Balaban J connectivity index is 2.52. The minimum atomic E-state index is -1.06. The Morgan fingerprint density at radius 2 is 1.73 bits per heavy atom. The van der Waals surface area contributed by atoms with Crippen molar-refractivity contribution >= 4 is 0 Å². The number of hydrogen-bond acceptors (Lipinski definition) is 4. The lowest BCUT2D eigenvalue weighted by Crippen LogP contribution is -2.49. The molecule has 0 aromatic rings. The Kier molecular flexibility index (Phi) is 2.84. The highest BCUT2D eigenvalue weighted by atomic mass is 16.5. The van der Waals surface area contributed by atoms with E-state index in [9.17, 15) is 5.11 Å². The second-order valence-corrected chi connectivity index (χ2v) is 2.90. The van der Waals surface area contributed by atoms with Crippen LogP contribution < -0.4 is 0 Å². The first-order valence-electron chi connectivity index (χ1n) is 3.74. The van der Waals surface area contributed by atoms with E-state index >= 15 is 0 Å². The zero-order valence-electron chi connectivity index (χ0n) is 6.47. The molecule has 0 unspecified atom stereocenters. The summed E-state index contributed by atoms with van der Waals surface area (Å²) in [5, 5.41) is 27.5. The molecule has 4 nitrogen and oxygen atoms in total. The van der Waals surface area contributed by atoms with E-state index in [1.165, 1.54) is 7.11 Å². The Hall–Kier alpha value is -0.160. The van der Waals surface area contributed by atoms with E-state index in [-0.39, 0.29) is 6.10 Å². The molecule has 1 rings (SSSR count). The third-order valence-electron chi connectivity index (χ3n) is 2.17. The largest absolute Gasteiger partial charge is 0.390 e. The lowest BCUT2D eigenvalue weighted by molar-refractivity contribution is -0.144. The molecule has 0 aliphatic heterocycles. The Bertz CT molecular complexity index is 126. The molecule has 4 atom stereocenters. The average Bonchev–Trinajstić information content (AvgIpc) is 2.01. The molecule has 0 aromatic carbocycles. The summed E-state index contributed by atoms with van der Waals surface area (Å²) < 4.78 is 4.90. The Morgan fingerprint density at radius 1 is 1.09 bits per heavy atom. The number of rotatable bonds is 1. The van der Waals surface area contributed by atoms with Crippen molar-refractivity contribution in [3.63, 3.8) is 0 Å². The van der Waals surface area contributed by atoms with Gasteiger partial charge in [-0.05, 0) is 12.8 Å². The van der Waals surface area contributed by atoms with E-state index < -0.39 is 18.3 Å². The van der Waals surface area contributed by atoms with Crippen LogP contribution in [-0.2, 0) is 4.74 Å². The second-order valence-electron chi connectivity index (χ2n) is 2.90. The number of hydrogen-bond donors (Lipinski definition) is 3. The van der Waals surface area contributed by atoms with Gasteiger partial charge in [0.1, 0.15) is 12.2 Å². The standard InChI is InChI=1S/C7H14O4/c1-11-5-3-2-4(8)6(9)7(5)10/h4-10H,2-3H2,1H3/t4-,5-,6-,7-/m0/s1. The lowest BCUT2D eigenvalue weighted by atomic mass is 9.90. The van der Waals surface area contributed by atoms with Crippen molar-refractivity contribution in [2.24, 2.45) is 0 Å². The van der Waals surface area contributed by atoms with Gasteiger partial charge in [-0.3, -0.25) is 0 Å². The molecule has 0 bridgehead atoms. The first kappa shape index (κ1) is 8.93. The van der Waals surface area contributed by atoms with Crippen molar-refractivity contribution in [2.75, 3.05) is 7.11 Å². The van der Waals surface area contributed by atoms with Crippen LogP contribution in [-0.4, -0.2) is 46.8 Å². The number of methoxy groups -OCH3 is 1. The van der Waals surface area contributed by atoms with Crippen LogP contribution in [0, 0.1) is 0 Å². The highest BCUT2D eigenvalue weighted by molar-refractivity contribution is 4.87. The zero-order chi connectivity index (χ0) is 8.43. The number of ether oxygens (including phenoxy) is 1. The van der Waals surface area contributed by atoms with Crippen LogP contribution in [0.3, 0.4) is 0 Å². The molecule has 0 spiro atoms. The molecule has 1 fully saturated rings. The molecule has 1 aliphatic carbocycles. The molecular formula is C7H14O4. The van der Waals surface area contributed by atoms with Crippen LogP contribution in [0.1, 0.15) is 12.8 Å². The van der Waals surface area contributed by atoms with Gasteiger partial charge in [-0.15, -0.1) is 0 Å². The van der Waals surface area contributed by atoms with Crippen LogP contribution in [0.2, 0.25) is 0 Å². The van der Waals surface area contributed by atoms with Crippen molar-refractivity contribution in [3.05, 3.63) is 0 Å². The van der Waals surface area contributed by atoms with Gasteiger partial charge in [0, 0.05) is 7.11 Å². The summed E-state index contributed by atoms with van der Waals surface area (Å²) in [6, 6.07) is 0. The molecule has 0 aromatic heterocycles. The molecule has 0 saturated heterocycles. The first-order chi connectivity index (χ1) is 5.16. The maximum atomic E-state index is 9.27. The highest BCUT2D eigenvalue weighted by Crippen LogP contribution is 2.21. The monoisotopic (exact) mass is 162 g/mol. The summed E-state index contributed by atoms with van der Waals surface area (Å²) >= 11 is 0. The minimum Gasteiger partial charge on any atom is -0.390 e. The van der Waals surface area contributed by atoms with Gasteiger partial charge in [0.15, 0.2) is 0 Å². The van der Waals surface area contributed by atoms with Crippen molar-refractivity contribution in [1.29, 1.82) is 0 Å². The van der Waals surface area contributed by atoms with Crippen LogP contribution in [0.4, 0.5) is 0 Å². The van der Waals surface area contributed by atoms with Gasteiger partial charge in [0.25, 0.3) is 0 Å². The third kappa shape index (κ3) is 1.70. The summed E-state index contributed by atoms with van der Waals surface area (Å²) in [5.74, 6) is 0. The normalized spacial score (nSPS) is 45.8. The van der Waals surface area contributed by atoms with Crippen molar-refractivity contribution in [3.8, 4) is 0 Å². The molecule has 0 heterocycles. The average molecular weight is 162 g/mol. The third-order valence-corrected chi connectivity index (χ3v) is 2.17. The highest BCUT2D eigenvalue weighted by Gasteiger charge is 2.36. The fourth-order valence-electron chi connectivity index (χ4n) is 1.38. The van der Waals surface area contributed by atoms with Gasteiger partial charge in [0.05, 0.1) is 12.2 Å². The van der Waals surface area contributed by atoms with Crippen molar-refractivity contribution < 1.29 is 20.1 Å². The van der Waals surface area contributed by atoms with Crippen molar-refractivity contribution in [2.45, 2.75) is 37.3 Å². The lowest BCUT2D eigenvalue weighted by Gasteiger charge is -2.33. The van der Waals surface area contributed by atoms with Gasteiger partial charge in [-0.25, -0.2) is 0 Å². The zero-order valence-corrected chi connectivity index (χ0v) is 6.47. The molecule has 1 aliphatic rings. The molecule has 1 saturated carbocycles. The summed E-state index contributed by atoms with van der Waals surface area (Å²) in [4.78, 5) is 0. The van der Waals surface area contributed by atoms with E-state index in [0.717, 1.165) is 0 Å². The molecule has 11 heavy (non-hydrogen) atoms. The number of aliphatic hydroxyl groups excluding tert-OH is 3. The van der Waals surface area contributed by atoms with Crippen LogP contribution in [0.5, 0.6) is 0 Å². The van der Waals surface area contributed by atoms with Crippen LogP contribution >= 0.6 is 0 Å². The Morgan fingerprint density at radius 3 is 2.27 bits per heavy atom. The van der Waals surface area contributed by atoms with E-state index in [0.29, 0.717) is 12.8 Å². The summed E-state index contributed by atoms with van der Waals surface area (Å²) in [5.41, 5.74) is 0. The van der Waals surface area contributed by atoms with Gasteiger partial charge < -0.3 is 20.1 Å². The smallest absolute Gasteiger partial charge is 0.108 e. The first-order valence-corrected chi connectivity index (χ1v) is 3.74. The van der Waals surface area contributed by atoms with Gasteiger partial charge in [-0.1, -0.05) is 0 Å². The van der Waals surface area contributed by atoms with Crippen LogP contribution in [0.15, 0.2) is 0 Å². The summed E-state index contributed by atoms with van der Waals surface area (Å²) in [6.07, 6.45) is -2.09. The minimum absolute atomic E-state index is 0.339. The maximum Gasteiger partial charge on any atom is 0.108 e. The summed E-state index contributed by atoms with van der Waals surface area (Å²) in [6.45, 7) is 0. The predicted molar refractivity (Wildman–Crippen MR) is 38.1 cm³/mol. The topological polar surface area (TPSA) is 69.9 Å². The SMILES string of the molecule is CO[C@H]1CC[C@H](O)[C@H](O)[C@H]1O. The van der Waals surface area contributed by atoms with E-state index in [2.05, 4.69) is 0 Å². The van der Waals surface area contributed by atoms with Gasteiger partial charge in [-0.2, -0.15) is 0 Å². The maximum absolute atomic E-state index is 9.27. The second kappa shape index (κ2) is 3.49. The van der Waals surface area contributed by atoms with Gasteiger partial charge in [0.2, 0.25) is 0 Å². The van der Waals surface area contributed by atoms with E-state index in [4.69, 9.17) is 14.9 Å². The molecule has 3 N–H and O–H groups in total. The fraction of sp³-hybridized carbons (Fsp3) is 1.00. The Labute approximate surface area is 65.4 Å². The molecule has 0 amide bonds.